The SMILES string of the molecule is O=C(NCCc1cccnc1)c1ccc(Oc2ccccc2)cc1. The van der Waals surface area contributed by atoms with Crippen LogP contribution in [-0.4, -0.2) is 17.4 Å². The summed E-state index contributed by atoms with van der Waals surface area (Å²) in [5.41, 5.74) is 1.71. The topological polar surface area (TPSA) is 51.2 Å². The molecule has 0 aliphatic rings. The van der Waals surface area contributed by atoms with Crippen molar-refractivity contribution in [3.05, 3.63) is 90.3 Å². The van der Waals surface area contributed by atoms with Crippen LogP contribution in [0.1, 0.15) is 15.9 Å². The molecule has 0 saturated carbocycles. The van der Waals surface area contributed by atoms with Gasteiger partial charge in [0, 0.05) is 24.5 Å². The number of amides is 1. The summed E-state index contributed by atoms with van der Waals surface area (Å²) >= 11 is 0. The Hall–Kier alpha value is -3.14. The second-order valence-corrected chi connectivity index (χ2v) is 5.31. The summed E-state index contributed by atoms with van der Waals surface area (Å²) in [7, 11) is 0. The third kappa shape index (κ3) is 4.43. The predicted octanol–water partition coefficient (Wildman–Crippen LogP) is 3.85. The molecule has 0 aliphatic heterocycles. The molecule has 0 bridgehead atoms. The number of benzene rings is 2. The monoisotopic (exact) mass is 318 g/mol. The van der Waals surface area contributed by atoms with Crippen LogP contribution in [0.2, 0.25) is 0 Å². The normalized spacial score (nSPS) is 10.2. The Morgan fingerprint density at radius 3 is 2.38 bits per heavy atom. The zero-order valence-corrected chi connectivity index (χ0v) is 13.2. The van der Waals surface area contributed by atoms with E-state index in [1.54, 1.807) is 30.5 Å². The van der Waals surface area contributed by atoms with Gasteiger partial charge in [0.25, 0.3) is 5.91 Å². The number of ether oxygens (including phenoxy) is 1. The first-order valence-corrected chi connectivity index (χ1v) is 7.81. The van der Waals surface area contributed by atoms with Gasteiger partial charge in [0.05, 0.1) is 0 Å². The molecule has 0 atom stereocenters. The third-order valence-electron chi connectivity index (χ3n) is 3.52. The van der Waals surface area contributed by atoms with Crippen LogP contribution in [0.25, 0.3) is 0 Å². The van der Waals surface area contributed by atoms with Crippen molar-refractivity contribution in [3.63, 3.8) is 0 Å². The van der Waals surface area contributed by atoms with Gasteiger partial charge in [0.1, 0.15) is 11.5 Å². The lowest BCUT2D eigenvalue weighted by Gasteiger charge is -2.08. The number of rotatable bonds is 6. The minimum Gasteiger partial charge on any atom is -0.457 e. The molecule has 2 aromatic carbocycles. The van der Waals surface area contributed by atoms with E-state index in [1.807, 2.05) is 48.7 Å². The van der Waals surface area contributed by atoms with Crippen LogP contribution in [0, 0.1) is 0 Å². The molecular weight excluding hydrogens is 300 g/mol. The molecule has 3 rings (SSSR count). The van der Waals surface area contributed by atoms with Crippen molar-refractivity contribution in [3.8, 4) is 11.5 Å². The third-order valence-corrected chi connectivity index (χ3v) is 3.52. The minimum atomic E-state index is -0.0925. The highest BCUT2D eigenvalue weighted by Crippen LogP contribution is 2.21. The van der Waals surface area contributed by atoms with Crippen molar-refractivity contribution in [1.82, 2.24) is 10.3 Å². The molecule has 1 aromatic heterocycles. The molecule has 1 heterocycles. The Morgan fingerprint density at radius 2 is 1.67 bits per heavy atom. The summed E-state index contributed by atoms with van der Waals surface area (Å²) in [6, 6.07) is 20.5. The quantitative estimate of drug-likeness (QED) is 0.751. The lowest BCUT2D eigenvalue weighted by molar-refractivity contribution is 0.0954. The van der Waals surface area contributed by atoms with Crippen LogP contribution in [0.5, 0.6) is 11.5 Å². The van der Waals surface area contributed by atoms with E-state index in [0.717, 1.165) is 17.7 Å². The number of carbonyl (C=O) groups excluding carboxylic acids is 1. The molecule has 4 nitrogen and oxygen atoms in total. The molecule has 4 heteroatoms. The van der Waals surface area contributed by atoms with Gasteiger partial charge in [-0.3, -0.25) is 9.78 Å². The number of aromatic nitrogens is 1. The fraction of sp³-hybridized carbons (Fsp3) is 0.100. The molecule has 1 N–H and O–H groups in total. The highest BCUT2D eigenvalue weighted by atomic mass is 16.5. The van der Waals surface area contributed by atoms with Gasteiger partial charge < -0.3 is 10.1 Å². The van der Waals surface area contributed by atoms with E-state index in [0.29, 0.717) is 17.9 Å². The molecule has 1 amide bonds. The lowest BCUT2D eigenvalue weighted by Crippen LogP contribution is -2.25. The lowest BCUT2D eigenvalue weighted by atomic mass is 10.2. The molecule has 0 spiro atoms. The van der Waals surface area contributed by atoms with E-state index in [1.165, 1.54) is 0 Å². The number of nitrogens with one attached hydrogen (secondary N) is 1. The van der Waals surface area contributed by atoms with Crippen molar-refractivity contribution in [2.75, 3.05) is 6.54 Å². The standard InChI is InChI=1S/C20H18N2O2/c23-20(22-14-12-16-5-4-13-21-15-16)17-8-10-19(11-9-17)24-18-6-2-1-3-7-18/h1-11,13,15H,12,14H2,(H,22,23). The Morgan fingerprint density at radius 1 is 0.917 bits per heavy atom. The number of carbonyl (C=O) groups is 1. The van der Waals surface area contributed by atoms with Crippen molar-refractivity contribution in [2.45, 2.75) is 6.42 Å². The van der Waals surface area contributed by atoms with E-state index in [-0.39, 0.29) is 5.91 Å². The summed E-state index contributed by atoms with van der Waals surface area (Å²) < 4.78 is 5.71. The molecule has 0 fully saturated rings. The summed E-state index contributed by atoms with van der Waals surface area (Å²) in [5.74, 6) is 1.38. The second-order valence-electron chi connectivity index (χ2n) is 5.31. The average Bonchev–Trinajstić information content (AvgIpc) is 2.64. The van der Waals surface area contributed by atoms with Crippen molar-refractivity contribution >= 4 is 5.91 Å². The largest absolute Gasteiger partial charge is 0.457 e. The van der Waals surface area contributed by atoms with E-state index in [2.05, 4.69) is 10.3 Å². The van der Waals surface area contributed by atoms with Crippen molar-refractivity contribution < 1.29 is 9.53 Å². The maximum Gasteiger partial charge on any atom is 0.251 e. The molecule has 0 radical (unpaired) electrons. The van der Waals surface area contributed by atoms with Gasteiger partial charge in [-0.1, -0.05) is 24.3 Å². The van der Waals surface area contributed by atoms with Crippen molar-refractivity contribution in [2.24, 2.45) is 0 Å². The molecule has 0 saturated heterocycles. The van der Waals surface area contributed by atoms with Crippen LogP contribution in [0.3, 0.4) is 0 Å². The van der Waals surface area contributed by atoms with Gasteiger partial charge in [-0.25, -0.2) is 0 Å². The zero-order valence-electron chi connectivity index (χ0n) is 13.2. The second kappa shape index (κ2) is 7.92. The summed E-state index contributed by atoms with van der Waals surface area (Å²) in [6.45, 7) is 0.576. The number of hydrogen-bond acceptors (Lipinski definition) is 3. The predicted molar refractivity (Wildman–Crippen MR) is 93.2 cm³/mol. The molecule has 0 aliphatic carbocycles. The van der Waals surface area contributed by atoms with E-state index >= 15 is 0 Å². The van der Waals surface area contributed by atoms with Crippen molar-refractivity contribution in [1.29, 1.82) is 0 Å². The number of nitrogens with zero attached hydrogens (tertiary/aromatic N) is 1. The van der Waals surface area contributed by atoms with E-state index in [4.69, 9.17) is 4.74 Å². The van der Waals surface area contributed by atoms with Gasteiger partial charge in [-0.15, -0.1) is 0 Å². The van der Waals surface area contributed by atoms with Crippen LogP contribution in [0.4, 0.5) is 0 Å². The fourth-order valence-electron chi connectivity index (χ4n) is 2.27. The van der Waals surface area contributed by atoms with Gasteiger partial charge in [-0.2, -0.15) is 0 Å². The molecular formula is C20H18N2O2. The molecule has 120 valence electrons. The Labute approximate surface area is 141 Å². The number of para-hydroxylation sites is 1. The van der Waals surface area contributed by atoms with Crippen LogP contribution in [-0.2, 0) is 6.42 Å². The Balaban J connectivity index is 1.52. The smallest absolute Gasteiger partial charge is 0.251 e. The molecule has 3 aromatic rings. The number of hydrogen-bond donors (Lipinski definition) is 1. The summed E-state index contributed by atoms with van der Waals surface area (Å²) in [6.07, 6.45) is 4.30. The van der Waals surface area contributed by atoms with Gasteiger partial charge in [0.2, 0.25) is 0 Å². The number of pyridine rings is 1. The zero-order chi connectivity index (χ0) is 16.6. The Bertz CT molecular complexity index is 772. The highest BCUT2D eigenvalue weighted by Gasteiger charge is 2.05. The highest BCUT2D eigenvalue weighted by molar-refractivity contribution is 5.94. The Kier molecular flexibility index (Phi) is 5.20. The van der Waals surface area contributed by atoms with Gasteiger partial charge in [-0.05, 0) is 54.4 Å². The van der Waals surface area contributed by atoms with Gasteiger partial charge >= 0.3 is 0 Å². The van der Waals surface area contributed by atoms with Crippen LogP contribution >= 0.6 is 0 Å². The maximum atomic E-state index is 12.1. The first-order chi connectivity index (χ1) is 11.8. The molecule has 24 heavy (non-hydrogen) atoms. The van der Waals surface area contributed by atoms with Gasteiger partial charge in [0.15, 0.2) is 0 Å². The summed E-state index contributed by atoms with van der Waals surface area (Å²) in [5, 5.41) is 2.91. The van der Waals surface area contributed by atoms with E-state index in [9.17, 15) is 4.79 Å². The summed E-state index contributed by atoms with van der Waals surface area (Å²) in [4.78, 5) is 16.2. The maximum absolute atomic E-state index is 12.1. The van der Waals surface area contributed by atoms with Crippen LogP contribution in [0.15, 0.2) is 79.1 Å². The average molecular weight is 318 g/mol. The van der Waals surface area contributed by atoms with E-state index < -0.39 is 0 Å². The van der Waals surface area contributed by atoms with Crippen LogP contribution < -0.4 is 10.1 Å². The first-order valence-electron chi connectivity index (χ1n) is 7.81. The minimum absolute atomic E-state index is 0.0925. The fourth-order valence-corrected chi connectivity index (χ4v) is 2.27. The molecule has 0 unspecified atom stereocenters. The first kappa shape index (κ1) is 15.7.